The largest absolute Gasteiger partial charge is 0.477 e. The first-order chi connectivity index (χ1) is 28.1. The van der Waals surface area contributed by atoms with Crippen LogP contribution in [0.4, 0.5) is 0 Å². The minimum Gasteiger partial charge on any atom is -0.477 e. The quantitative estimate of drug-likeness (QED) is 0.0684. The van der Waals surface area contributed by atoms with Crippen LogP contribution in [0, 0.1) is 0 Å². The van der Waals surface area contributed by atoms with Gasteiger partial charge in [-0.3, -0.25) is 14.4 Å². The first-order valence-electron chi connectivity index (χ1n) is 18.7. The molecule has 4 heterocycles. The van der Waals surface area contributed by atoms with E-state index in [1.165, 1.54) is 0 Å². The molecule has 60 heavy (non-hydrogen) atoms. The summed E-state index contributed by atoms with van der Waals surface area (Å²) in [5.74, 6) is -7.11. The van der Waals surface area contributed by atoms with Crippen molar-refractivity contribution in [2.45, 2.75) is 155 Å². The molecule has 0 spiro atoms. The maximum Gasteiger partial charge on any atom is 0.364 e. The number of aliphatic hydroxyl groups excluding tert-OH is 12. The smallest absolute Gasteiger partial charge is 0.364 e. The van der Waals surface area contributed by atoms with Gasteiger partial charge in [-0.25, -0.2) is 4.79 Å². The van der Waals surface area contributed by atoms with Crippen molar-refractivity contribution in [2.75, 3.05) is 26.4 Å². The Bertz CT molecular complexity index is 1470. The van der Waals surface area contributed by atoms with E-state index in [0.29, 0.717) is 0 Å². The number of aliphatic carboxylic acids is 1. The van der Waals surface area contributed by atoms with Crippen molar-refractivity contribution in [2.24, 2.45) is 0 Å². The fourth-order valence-electron chi connectivity index (χ4n) is 7.34. The van der Waals surface area contributed by atoms with Gasteiger partial charge >= 0.3 is 5.97 Å². The predicted octanol–water partition coefficient (Wildman–Crippen LogP) is -10.1. The van der Waals surface area contributed by atoms with E-state index >= 15 is 0 Å². The second-order valence-corrected chi connectivity index (χ2v) is 14.8. The summed E-state index contributed by atoms with van der Waals surface area (Å²) in [6.07, 6.45) is -33.1. The average molecular weight is 878 g/mol. The highest BCUT2D eigenvalue weighted by atomic mass is 16.8. The summed E-state index contributed by atoms with van der Waals surface area (Å²) < 4.78 is 39.3. The van der Waals surface area contributed by atoms with E-state index in [0.717, 1.165) is 20.8 Å². The molecule has 4 fully saturated rings. The number of hydrogen-bond acceptors (Lipinski definition) is 23. The minimum absolute atomic E-state index is 0.712. The van der Waals surface area contributed by atoms with Crippen molar-refractivity contribution >= 4 is 23.7 Å². The number of rotatable bonds is 16. The standard InChI is InChI=1S/C33H55N3O24/c1-9(40)34-17-12(43)4-33(32(52)53,60-28(17)20(45)13(44)5-37)54-8-16-21(46)24(49)25(50)31(57-16)58-26-15(7-39)56-30(18(23(26)48)35-10(2)41)59-27-19(36-11(3)42)29(51)55-14(6-38)22(27)47/h12-31,37-39,43-51H,4-8H2,1-3H3,(H,34,40)(H,35,41)(H,36,42)(H,52,53)/t12-,13+,14+,15+,16+,17+,18+,19+,20+,21-,22-,23+,24-,25+,26+,27+,28+,29+,30-,31-,33+/m0/s1. The highest BCUT2D eigenvalue weighted by Crippen LogP contribution is 2.36. The zero-order valence-electron chi connectivity index (χ0n) is 32.4. The fourth-order valence-corrected chi connectivity index (χ4v) is 7.34. The van der Waals surface area contributed by atoms with Crippen molar-refractivity contribution in [3.05, 3.63) is 0 Å². The number of amides is 3. The van der Waals surface area contributed by atoms with Gasteiger partial charge in [-0.05, 0) is 0 Å². The normalized spacial score (nSPS) is 43.3. The van der Waals surface area contributed by atoms with E-state index in [1.807, 2.05) is 0 Å². The van der Waals surface area contributed by atoms with Crippen LogP contribution in [0.15, 0.2) is 0 Å². The SMILES string of the molecule is CC(=O)N[C@@H]1[C@@H](O[C@@H]2O[C@H](CO)[C@@H](O[C@@H]3O[C@H](CO[C@]4(C(=O)O)C[C@H](O)[C@@H](NC(C)=O)[C@H]([C@H](O)[C@H](O)CO)O4)[C@H](O)[C@H](O)[C@H]3O)[C@H](O)[C@H]2NC(C)=O)[C@@H](O)[C@@H](CO)O[C@H]1O. The van der Waals surface area contributed by atoms with E-state index in [-0.39, 0.29) is 0 Å². The van der Waals surface area contributed by atoms with E-state index in [1.54, 1.807) is 0 Å². The highest BCUT2D eigenvalue weighted by Gasteiger charge is 2.58. The molecule has 3 amide bonds. The number of aliphatic hydroxyl groups is 12. The van der Waals surface area contributed by atoms with Crippen molar-refractivity contribution in [3.63, 3.8) is 0 Å². The molecule has 0 saturated carbocycles. The van der Waals surface area contributed by atoms with Crippen molar-refractivity contribution in [1.82, 2.24) is 16.0 Å². The summed E-state index contributed by atoms with van der Waals surface area (Å²) in [5.41, 5.74) is 0. The van der Waals surface area contributed by atoms with Crippen LogP contribution in [0.5, 0.6) is 0 Å². The Kier molecular flexibility index (Phi) is 17.4. The second-order valence-electron chi connectivity index (χ2n) is 14.8. The number of carboxylic acid groups (broad SMARTS) is 1. The molecule has 0 unspecified atom stereocenters. The van der Waals surface area contributed by atoms with E-state index in [4.69, 9.17) is 33.2 Å². The van der Waals surface area contributed by atoms with Crippen LogP contribution in [0.3, 0.4) is 0 Å². The van der Waals surface area contributed by atoms with Crippen LogP contribution in [0.25, 0.3) is 0 Å². The number of nitrogens with one attached hydrogen (secondary N) is 3. The summed E-state index contributed by atoms with van der Waals surface area (Å²) in [6.45, 7) is -0.808. The predicted molar refractivity (Wildman–Crippen MR) is 186 cm³/mol. The lowest BCUT2D eigenvalue weighted by molar-refractivity contribution is -0.366. The van der Waals surface area contributed by atoms with Gasteiger partial charge in [-0.15, -0.1) is 0 Å². The molecule has 0 aliphatic carbocycles. The highest BCUT2D eigenvalue weighted by molar-refractivity contribution is 5.76. The topological polar surface area (TPSA) is 432 Å². The first kappa shape index (κ1) is 49.8. The van der Waals surface area contributed by atoms with Crippen LogP contribution in [0.1, 0.15) is 27.2 Å². The summed E-state index contributed by atoms with van der Waals surface area (Å²) >= 11 is 0. The van der Waals surface area contributed by atoms with Crippen LogP contribution in [0.2, 0.25) is 0 Å². The Hall–Kier alpha value is -2.88. The molecule has 4 aliphatic rings. The van der Waals surface area contributed by atoms with Crippen LogP contribution < -0.4 is 16.0 Å². The van der Waals surface area contributed by atoms with Gasteiger partial charge in [0.15, 0.2) is 18.9 Å². The number of carbonyl (C=O) groups excluding carboxylic acids is 3. The number of carboxylic acids is 1. The van der Waals surface area contributed by atoms with Gasteiger partial charge in [-0.2, -0.15) is 0 Å². The van der Waals surface area contributed by atoms with Gasteiger partial charge in [0.2, 0.25) is 17.7 Å². The number of ether oxygens (including phenoxy) is 7. The molecule has 0 aromatic carbocycles. The van der Waals surface area contributed by atoms with Gasteiger partial charge in [0.1, 0.15) is 91.4 Å². The molecule has 4 aliphatic heterocycles. The van der Waals surface area contributed by atoms with Crippen molar-refractivity contribution in [1.29, 1.82) is 0 Å². The third-order valence-electron chi connectivity index (χ3n) is 10.4. The summed E-state index contributed by atoms with van der Waals surface area (Å²) in [7, 11) is 0. The Balaban J connectivity index is 1.57. The first-order valence-corrected chi connectivity index (χ1v) is 18.7. The summed E-state index contributed by atoms with van der Waals surface area (Å²) in [6, 6.07) is -4.73. The molecule has 4 rings (SSSR count). The minimum atomic E-state index is -2.92. The molecule has 16 N–H and O–H groups in total. The fraction of sp³-hybridized carbons (Fsp3) is 0.879. The lowest BCUT2D eigenvalue weighted by atomic mass is 9.88. The van der Waals surface area contributed by atoms with Crippen molar-refractivity contribution in [3.8, 4) is 0 Å². The average Bonchev–Trinajstić information content (AvgIpc) is 3.18. The lowest BCUT2D eigenvalue weighted by Gasteiger charge is -2.49. The van der Waals surface area contributed by atoms with E-state index < -0.39 is 185 Å². The van der Waals surface area contributed by atoms with Crippen molar-refractivity contribution < 1.29 is 119 Å². The Labute approximate surface area is 340 Å². The van der Waals surface area contributed by atoms with Gasteiger partial charge in [-0.1, -0.05) is 0 Å². The Morgan fingerprint density at radius 3 is 1.77 bits per heavy atom. The summed E-state index contributed by atoms with van der Waals surface area (Å²) in [5, 5.41) is 144. The van der Waals surface area contributed by atoms with Gasteiger partial charge in [0.05, 0.1) is 38.6 Å². The number of carbonyl (C=O) groups is 4. The van der Waals surface area contributed by atoms with E-state index in [2.05, 4.69) is 16.0 Å². The zero-order valence-corrected chi connectivity index (χ0v) is 32.4. The third-order valence-corrected chi connectivity index (χ3v) is 10.4. The molecule has 0 aromatic heterocycles. The zero-order chi connectivity index (χ0) is 45.0. The lowest BCUT2D eigenvalue weighted by Crippen LogP contribution is -2.70. The van der Waals surface area contributed by atoms with Crippen LogP contribution in [-0.2, 0) is 52.3 Å². The Morgan fingerprint density at radius 2 is 1.22 bits per heavy atom. The molecule has 21 atom stereocenters. The van der Waals surface area contributed by atoms with Gasteiger partial charge < -0.3 is 115 Å². The molecule has 0 bridgehead atoms. The van der Waals surface area contributed by atoms with E-state index in [9.17, 15) is 85.6 Å². The Morgan fingerprint density at radius 1 is 0.667 bits per heavy atom. The molecular weight excluding hydrogens is 822 g/mol. The molecule has 4 saturated heterocycles. The third kappa shape index (κ3) is 11.0. The number of hydrogen-bond donors (Lipinski definition) is 16. The summed E-state index contributed by atoms with van der Waals surface area (Å²) in [4.78, 5) is 48.7. The molecular formula is C33H55N3O24. The molecule has 0 aromatic rings. The second kappa shape index (κ2) is 21.0. The van der Waals surface area contributed by atoms with Gasteiger partial charge in [0, 0.05) is 27.2 Å². The maximum absolute atomic E-state index is 12.6. The molecule has 27 heteroatoms. The van der Waals surface area contributed by atoms with Crippen LogP contribution in [-0.4, -0.2) is 245 Å². The van der Waals surface area contributed by atoms with Crippen LogP contribution >= 0.6 is 0 Å². The maximum atomic E-state index is 12.6. The molecule has 0 radical (unpaired) electrons. The molecule has 27 nitrogen and oxygen atoms in total. The van der Waals surface area contributed by atoms with Gasteiger partial charge in [0.25, 0.3) is 5.79 Å². The monoisotopic (exact) mass is 877 g/mol. The molecule has 346 valence electrons.